The highest BCUT2D eigenvalue weighted by molar-refractivity contribution is 14.0. The number of hydrogen-bond acceptors (Lipinski definition) is 3. The van der Waals surface area contributed by atoms with Gasteiger partial charge in [-0.25, -0.2) is 9.37 Å². The van der Waals surface area contributed by atoms with Gasteiger partial charge in [0.2, 0.25) is 0 Å². The van der Waals surface area contributed by atoms with Gasteiger partial charge in [-0.1, -0.05) is 15.9 Å². The molecule has 8 heteroatoms. The first-order valence-electron chi connectivity index (χ1n) is 6.38. The molecule has 0 aliphatic carbocycles. The summed E-state index contributed by atoms with van der Waals surface area (Å²) < 4.78 is 14.1. The average molecular weight is 499 g/mol. The monoisotopic (exact) mass is 498 g/mol. The summed E-state index contributed by atoms with van der Waals surface area (Å²) in [5, 5.41) is 7.33. The normalized spacial score (nSPS) is 11.0. The molecule has 0 atom stereocenters. The van der Waals surface area contributed by atoms with Gasteiger partial charge in [0.15, 0.2) is 5.96 Å². The van der Waals surface area contributed by atoms with E-state index in [-0.39, 0.29) is 29.8 Å². The maximum Gasteiger partial charge on any atom is 0.191 e. The van der Waals surface area contributed by atoms with Crippen LogP contribution in [-0.4, -0.2) is 18.0 Å². The van der Waals surface area contributed by atoms with E-state index in [0.717, 1.165) is 15.0 Å². The van der Waals surface area contributed by atoms with Crippen LogP contribution in [0, 0.1) is 12.7 Å². The van der Waals surface area contributed by atoms with E-state index in [1.54, 1.807) is 24.5 Å². The van der Waals surface area contributed by atoms with E-state index < -0.39 is 0 Å². The number of hydrogen-bond donors (Lipinski definition) is 2. The zero-order valence-electron chi connectivity index (χ0n) is 12.2. The molecule has 2 N–H and O–H groups in total. The highest BCUT2D eigenvalue weighted by atomic mass is 127. The maximum absolute atomic E-state index is 13.2. The molecule has 0 aliphatic heterocycles. The van der Waals surface area contributed by atoms with Crippen molar-refractivity contribution in [3.63, 3.8) is 0 Å². The number of guanidine groups is 1. The van der Waals surface area contributed by atoms with Crippen molar-refractivity contribution in [2.45, 2.75) is 20.0 Å². The van der Waals surface area contributed by atoms with Gasteiger partial charge in [0.25, 0.3) is 0 Å². The number of aryl methyl sites for hydroxylation is 1. The highest BCUT2D eigenvalue weighted by Gasteiger charge is 2.05. The Bertz CT molecular complexity index is 648. The van der Waals surface area contributed by atoms with E-state index in [1.165, 1.54) is 17.0 Å². The van der Waals surface area contributed by atoms with Crippen molar-refractivity contribution >= 4 is 57.2 Å². The van der Waals surface area contributed by atoms with Crippen LogP contribution >= 0.6 is 51.2 Å². The van der Waals surface area contributed by atoms with Gasteiger partial charge < -0.3 is 10.6 Å². The van der Waals surface area contributed by atoms with Crippen LogP contribution in [0.1, 0.15) is 15.4 Å². The number of nitrogens with zero attached hydrogens (tertiary/aromatic N) is 2. The van der Waals surface area contributed by atoms with Crippen LogP contribution < -0.4 is 10.6 Å². The van der Waals surface area contributed by atoms with Gasteiger partial charge >= 0.3 is 0 Å². The van der Waals surface area contributed by atoms with E-state index in [2.05, 4.69) is 36.5 Å². The lowest BCUT2D eigenvalue weighted by atomic mass is 10.2. The predicted molar refractivity (Wildman–Crippen MR) is 103 cm³/mol. The minimum atomic E-state index is -0.254. The van der Waals surface area contributed by atoms with Crippen LogP contribution in [-0.2, 0) is 13.1 Å². The number of aromatic nitrogens is 1. The Balaban J connectivity index is 0.00000242. The molecule has 0 unspecified atom stereocenters. The van der Waals surface area contributed by atoms with E-state index in [4.69, 9.17) is 0 Å². The van der Waals surface area contributed by atoms with Gasteiger partial charge in [-0.3, -0.25) is 4.99 Å². The second-order valence-corrected chi connectivity index (χ2v) is 6.55. The number of aliphatic imine (C=N–C) groups is 1. The highest BCUT2D eigenvalue weighted by Crippen LogP contribution is 2.17. The zero-order chi connectivity index (χ0) is 15.2. The molecule has 22 heavy (non-hydrogen) atoms. The molecule has 2 rings (SSSR count). The summed E-state index contributed by atoms with van der Waals surface area (Å²) >= 11 is 5.05. The largest absolute Gasteiger partial charge is 0.352 e. The third kappa shape index (κ3) is 5.81. The topological polar surface area (TPSA) is 49.3 Å². The van der Waals surface area contributed by atoms with Crippen molar-refractivity contribution in [2.24, 2.45) is 4.99 Å². The lowest BCUT2D eigenvalue weighted by molar-refractivity contribution is 0.624. The van der Waals surface area contributed by atoms with Crippen LogP contribution in [0.15, 0.2) is 33.9 Å². The van der Waals surface area contributed by atoms with Crippen LogP contribution in [0.2, 0.25) is 0 Å². The molecule has 0 saturated carbocycles. The molecular formula is C14H17BrFIN4S. The van der Waals surface area contributed by atoms with E-state index in [1.807, 2.05) is 13.1 Å². The molecule has 1 heterocycles. The Labute approximate surface area is 158 Å². The Kier molecular flexibility index (Phi) is 8.26. The number of nitrogens with one attached hydrogen (secondary N) is 2. The van der Waals surface area contributed by atoms with Crippen molar-refractivity contribution < 1.29 is 4.39 Å². The molecule has 0 fully saturated rings. The molecule has 0 bridgehead atoms. The van der Waals surface area contributed by atoms with Gasteiger partial charge in [-0.2, -0.15) is 0 Å². The molecule has 1 aromatic heterocycles. The number of halogens is 3. The molecule has 0 amide bonds. The fourth-order valence-corrected chi connectivity index (χ4v) is 2.83. The first kappa shape index (κ1) is 19.3. The van der Waals surface area contributed by atoms with Crippen molar-refractivity contribution in [3.05, 3.63) is 50.1 Å². The number of thiazole rings is 1. The quantitative estimate of drug-likeness (QED) is 0.382. The van der Waals surface area contributed by atoms with E-state index in [0.29, 0.717) is 19.0 Å². The Morgan fingerprint density at radius 3 is 2.73 bits per heavy atom. The Morgan fingerprint density at radius 2 is 2.09 bits per heavy atom. The minimum Gasteiger partial charge on any atom is -0.352 e. The molecular weight excluding hydrogens is 482 g/mol. The summed E-state index contributed by atoms with van der Waals surface area (Å²) in [6, 6.07) is 4.61. The number of rotatable bonds is 4. The van der Waals surface area contributed by atoms with Gasteiger partial charge in [-0.15, -0.1) is 35.3 Å². The van der Waals surface area contributed by atoms with Crippen LogP contribution in [0.3, 0.4) is 0 Å². The molecule has 1 aromatic carbocycles. The van der Waals surface area contributed by atoms with Crippen molar-refractivity contribution in [1.29, 1.82) is 0 Å². The molecule has 0 radical (unpaired) electrons. The predicted octanol–water partition coefficient (Wildman–Crippen LogP) is 3.84. The summed E-state index contributed by atoms with van der Waals surface area (Å²) in [5.41, 5.74) is 0.836. The third-order valence-electron chi connectivity index (χ3n) is 2.75. The molecule has 0 spiro atoms. The Morgan fingerprint density at radius 1 is 1.36 bits per heavy atom. The summed E-state index contributed by atoms with van der Waals surface area (Å²) in [6.45, 7) is 3.12. The second kappa shape index (κ2) is 9.41. The van der Waals surface area contributed by atoms with Crippen molar-refractivity contribution in [1.82, 2.24) is 15.6 Å². The van der Waals surface area contributed by atoms with E-state index in [9.17, 15) is 4.39 Å². The van der Waals surface area contributed by atoms with Crippen molar-refractivity contribution in [3.8, 4) is 0 Å². The standard InChI is InChI=1S/C14H16BrFN4S.HI/c1-9-6-18-13(21-9)8-20-14(17-2)19-7-10-5-11(16)3-4-12(10)15;/h3-6H,7-8H2,1-2H3,(H2,17,19,20);1H. The molecule has 4 nitrogen and oxygen atoms in total. The summed E-state index contributed by atoms with van der Waals surface area (Å²) in [5.74, 6) is 0.398. The van der Waals surface area contributed by atoms with Crippen LogP contribution in [0.25, 0.3) is 0 Å². The number of benzene rings is 1. The minimum absolute atomic E-state index is 0. The Hall–Kier alpha value is -0.740. The fraction of sp³-hybridized carbons (Fsp3) is 0.286. The maximum atomic E-state index is 13.2. The molecule has 0 saturated heterocycles. The smallest absolute Gasteiger partial charge is 0.191 e. The van der Waals surface area contributed by atoms with E-state index >= 15 is 0 Å². The first-order chi connectivity index (χ1) is 10.1. The molecule has 120 valence electrons. The van der Waals surface area contributed by atoms with Crippen LogP contribution in [0.5, 0.6) is 0 Å². The lowest BCUT2D eigenvalue weighted by Gasteiger charge is -2.12. The van der Waals surface area contributed by atoms with Gasteiger partial charge in [0.05, 0.1) is 6.54 Å². The summed E-state index contributed by atoms with van der Waals surface area (Å²) in [4.78, 5) is 9.60. The zero-order valence-corrected chi connectivity index (χ0v) is 16.9. The molecule has 0 aliphatic rings. The SMILES string of the molecule is CN=C(NCc1ncc(C)s1)NCc1cc(F)ccc1Br.I. The average Bonchev–Trinajstić information content (AvgIpc) is 2.88. The first-order valence-corrected chi connectivity index (χ1v) is 7.99. The fourth-order valence-electron chi connectivity index (χ4n) is 1.72. The third-order valence-corrected chi connectivity index (χ3v) is 4.44. The van der Waals surface area contributed by atoms with Gasteiger partial charge in [0.1, 0.15) is 10.8 Å². The van der Waals surface area contributed by atoms with Crippen LogP contribution in [0.4, 0.5) is 4.39 Å². The molecule has 2 aromatic rings. The second-order valence-electron chi connectivity index (χ2n) is 4.38. The lowest BCUT2D eigenvalue weighted by Crippen LogP contribution is -2.36. The summed E-state index contributed by atoms with van der Waals surface area (Å²) in [6.07, 6.45) is 1.85. The van der Waals surface area contributed by atoms with Gasteiger partial charge in [0, 0.05) is 29.1 Å². The van der Waals surface area contributed by atoms with Crippen molar-refractivity contribution in [2.75, 3.05) is 7.05 Å². The summed E-state index contributed by atoms with van der Waals surface area (Å²) in [7, 11) is 1.70. The van der Waals surface area contributed by atoms with Gasteiger partial charge in [-0.05, 0) is 30.7 Å².